The number of hydrogen-bond acceptors (Lipinski definition) is 8. The third-order valence-electron chi connectivity index (χ3n) is 4.75. The van der Waals surface area contributed by atoms with Crippen LogP contribution in [0.15, 0.2) is 41.8 Å². The first kappa shape index (κ1) is 19.9. The Morgan fingerprint density at radius 1 is 1.40 bits per heavy atom. The van der Waals surface area contributed by atoms with Crippen LogP contribution in [0.5, 0.6) is 5.75 Å². The number of halogens is 1. The lowest BCUT2D eigenvalue weighted by molar-refractivity contribution is -0.0766. The fourth-order valence-corrected chi connectivity index (χ4v) is 3.21. The summed E-state index contributed by atoms with van der Waals surface area (Å²) in [6, 6.07) is 5.21. The van der Waals surface area contributed by atoms with Gasteiger partial charge in [0.1, 0.15) is 24.0 Å². The van der Waals surface area contributed by atoms with E-state index in [1.54, 1.807) is 23.0 Å². The molecule has 30 heavy (non-hydrogen) atoms. The molecular weight excluding hydrogens is 391 g/mol. The van der Waals surface area contributed by atoms with E-state index in [2.05, 4.69) is 25.9 Å². The van der Waals surface area contributed by atoms with Crippen molar-refractivity contribution in [3.05, 3.63) is 53.6 Å². The Labute approximate surface area is 172 Å². The van der Waals surface area contributed by atoms with Crippen molar-refractivity contribution < 1.29 is 19.1 Å². The molecule has 2 atom stereocenters. The Hall–Kier alpha value is -3.40. The van der Waals surface area contributed by atoms with Gasteiger partial charge in [-0.1, -0.05) is 5.16 Å². The van der Waals surface area contributed by atoms with Gasteiger partial charge < -0.3 is 25.3 Å². The van der Waals surface area contributed by atoms with Crippen molar-refractivity contribution in [2.24, 2.45) is 5.16 Å². The van der Waals surface area contributed by atoms with Crippen LogP contribution in [0.1, 0.15) is 37.9 Å². The number of anilines is 1. The number of phenolic OH excluding ortho intramolecular Hbond substituents is 1. The van der Waals surface area contributed by atoms with Gasteiger partial charge in [0.2, 0.25) is 5.72 Å². The highest BCUT2D eigenvalue weighted by atomic mass is 19.1. The quantitative estimate of drug-likeness (QED) is 0.546. The van der Waals surface area contributed by atoms with E-state index in [1.807, 2.05) is 20.8 Å². The molecule has 2 aromatic heterocycles. The summed E-state index contributed by atoms with van der Waals surface area (Å²) >= 11 is 0. The first-order valence-corrected chi connectivity index (χ1v) is 9.60. The van der Waals surface area contributed by atoms with E-state index < -0.39 is 11.5 Å². The summed E-state index contributed by atoms with van der Waals surface area (Å²) in [4.78, 5) is 10.1. The van der Waals surface area contributed by atoms with Crippen LogP contribution < -0.4 is 10.6 Å². The number of benzene rings is 1. The minimum absolute atomic E-state index is 0.0118. The SMILES string of the molecule is CCOCC1(C)NC(c2cnn3ccc(NC(C)c4cc(F)ccc4O)nc23)=NO1. The molecule has 0 saturated heterocycles. The molecule has 4 rings (SSSR count). The van der Waals surface area contributed by atoms with Crippen molar-refractivity contribution in [3.8, 4) is 5.75 Å². The van der Waals surface area contributed by atoms with Crippen LogP contribution >= 0.6 is 0 Å². The smallest absolute Gasteiger partial charge is 0.229 e. The van der Waals surface area contributed by atoms with Gasteiger partial charge in [-0.2, -0.15) is 5.10 Å². The second-order valence-electron chi connectivity index (χ2n) is 7.23. The maximum absolute atomic E-state index is 13.6. The number of aromatic hydroxyl groups is 1. The lowest BCUT2D eigenvalue weighted by atomic mass is 10.1. The van der Waals surface area contributed by atoms with Gasteiger partial charge in [0.05, 0.1) is 17.8 Å². The van der Waals surface area contributed by atoms with Gasteiger partial charge in [0.25, 0.3) is 0 Å². The van der Waals surface area contributed by atoms with Gasteiger partial charge in [-0.05, 0) is 45.0 Å². The Bertz CT molecular complexity index is 1100. The van der Waals surface area contributed by atoms with Gasteiger partial charge in [0, 0.05) is 18.4 Å². The van der Waals surface area contributed by atoms with Crippen LogP contribution in [0.4, 0.5) is 10.2 Å². The highest BCUT2D eigenvalue weighted by molar-refractivity contribution is 6.04. The second kappa shape index (κ2) is 7.79. The number of nitrogens with one attached hydrogen (secondary N) is 2. The lowest BCUT2D eigenvalue weighted by Gasteiger charge is -2.21. The van der Waals surface area contributed by atoms with Crippen LogP contribution in [0, 0.1) is 5.82 Å². The molecule has 2 unspecified atom stereocenters. The minimum Gasteiger partial charge on any atom is -0.508 e. The first-order valence-electron chi connectivity index (χ1n) is 9.60. The number of hydrogen-bond donors (Lipinski definition) is 3. The minimum atomic E-state index is -0.765. The van der Waals surface area contributed by atoms with Crippen molar-refractivity contribution in [3.63, 3.8) is 0 Å². The fraction of sp³-hybridized carbons (Fsp3) is 0.350. The molecule has 3 aromatic rings. The molecule has 0 radical (unpaired) electrons. The van der Waals surface area contributed by atoms with E-state index in [9.17, 15) is 9.50 Å². The van der Waals surface area contributed by atoms with E-state index in [-0.39, 0.29) is 11.8 Å². The van der Waals surface area contributed by atoms with E-state index in [1.165, 1.54) is 18.2 Å². The number of phenols is 1. The second-order valence-corrected chi connectivity index (χ2v) is 7.23. The van der Waals surface area contributed by atoms with Crippen molar-refractivity contribution in [1.29, 1.82) is 0 Å². The summed E-state index contributed by atoms with van der Waals surface area (Å²) in [6.45, 7) is 6.48. The highest BCUT2D eigenvalue weighted by Crippen LogP contribution is 2.27. The predicted octanol–water partition coefficient (Wildman–Crippen LogP) is 2.78. The highest BCUT2D eigenvalue weighted by Gasteiger charge is 2.35. The Kier molecular flexibility index (Phi) is 5.17. The van der Waals surface area contributed by atoms with Gasteiger partial charge in [-0.3, -0.25) is 0 Å². The molecule has 158 valence electrons. The normalized spacial score (nSPS) is 19.3. The number of fused-ring (bicyclic) bond motifs is 1. The number of amidine groups is 1. The number of nitrogens with zero attached hydrogens (tertiary/aromatic N) is 4. The molecule has 3 heterocycles. The van der Waals surface area contributed by atoms with Crippen LogP contribution in [0.3, 0.4) is 0 Å². The Balaban J connectivity index is 1.57. The third-order valence-corrected chi connectivity index (χ3v) is 4.75. The number of ether oxygens (including phenoxy) is 1. The molecule has 1 aromatic carbocycles. The zero-order valence-corrected chi connectivity index (χ0v) is 16.9. The van der Waals surface area contributed by atoms with Crippen molar-refractivity contribution in [2.75, 3.05) is 18.5 Å². The molecule has 0 spiro atoms. The summed E-state index contributed by atoms with van der Waals surface area (Å²) in [5.41, 5.74) is 0.900. The van der Waals surface area contributed by atoms with Gasteiger partial charge in [0.15, 0.2) is 11.5 Å². The zero-order valence-electron chi connectivity index (χ0n) is 16.9. The van der Waals surface area contributed by atoms with Crippen molar-refractivity contribution in [1.82, 2.24) is 19.9 Å². The average Bonchev–Trinajstić information content (AvgIpc) is 3.31. The molecule has 9 nitrogen and oxygen atoms in total. The molecule has 0 amide bonds. The van der Waals surface area contributed by atoms with Gasteiger partial charge in [-0.25, -0.2) is 13.9 Å². The molecule has 0 saturated carbocycles. The molecular formula is C20H23FN6O3. The van der Waals surface area contributed by atoms with E-state index in [0.717, 1.165) is 0 Å². The molecule has 0 aliphatic carbocycles. The standard InChI is InChI=1S/C20H23FN6O3/c1-4-29-11-20(3)25-18(26-30-20)15-10-22-27-8-7-17(24-19(15)27)23-12(2)14-9-13(21)5-6-16(14)28/h5-10,12,28H,4,11H2,1-3H3,(H,23,24)(H,25,26). The predicted molar refractivity (Wildman–Crippen MR) is 109 cm³/mol. The van der Waals surface area contributed by atoms with Gasteiger partial charge in [-0.15, -0.1) is 0 Å². The number of rotatable bonds is 7. The van der Waals surface area contributed by atoms with Crippen LogP contribution in [-0.2, 0) is 9.57 Å². The van der Waals surface area contributed by atoms with Crippen LogP contribution in [0.2, 0.25) is 0 Å². The largest absolute Gasteiger partial charge is 0.508 e. The third kappa shape index (κ3) is 3.86. The fourth-order valence-electron chi connectivity index (χ4n) is 3.21. The summed E-state index contributed by atoms with van der Waals surface area (Å²) in [6.07, 6.45) is 3.40. The molecule has 10 heteroatoms. The van der Waals surface area contributed by atoms with Crippen molar-refractivity contribution >= 4 is 17.3 Å². The van der Waals surface area contributed by atoms with Crippen molar-refractivity contribution in [2.45, 2.75) is 32.5 Å². The first-order chi connectivity index (χ1) is 14.4. The summed E-state index contributed by atoms with van der Waals surface area (Å²) in [7, 11) is 0. The lowest BCUT2D eigenvalue weighted by Crippen LogP contribution is -2.46. The van der Waals surface area contributed by atoms with Crippen LogP contribution in [0.25, 0.3) is 5.65 Å². The monoisotopic (exact) mass is 414 g/mol. The molecule has 0 fully saturated rings. The Morgan fingerprint density at radius 2 is 2.23 bits per heavy atom. The summed E-state index contributed by atoms with van der Waals surface area (Å²) in [5, 5.41) is 24.9. The topological polar surface area (TPSA) is 105 Å². The molecule has 3 N–H and O–H groups in total. The zero-order chi connectivity index (χ0) is 21.3. The molecule has 0 bridgehead atoms. The summed E-state index contributed by atoms with van der Waals surface area (Å²) < 4.78 is 20.6. The maximum atomic E-state index is 13.6. The average molecular weight is 414 g/mol. The van der Waals surface area contributed by atoms with Gasteiger partial charge >= 0.3 is 0 Å². The Morgan fingerprint density at radius 3 is 3.03 bits per heavy atom. The van der Waals surface area contributed by atoms with E-state index in [0.29, 0.717) is 41.6 Å². The van der Waals surface area contributed by atoms with E-state index in [4.69, 9.17) is 9.57 Å². The molecule has 1 aliphatic rings. The molecule has 1 aliphatic heterocycles. The maximum Gasteiger partial charge on any atom is 0.229 e. The number of oxime groups is 1. The van der Waals surface area contributed by atoms with Crippen LogP contribution in [-0.4, -0.2) is 44.5 Å². The summed E-state index contributed by atoms with van der Waals surface area (Å²) in [5.74, 6) is 0.640. The van der Waals surface area contributed by atoms with E-state index >= 15 is 0 Å². The number of aromatic nitrogens is 3.